The maximum absolute atomic E-state index is 12.4. The van der Waals surface area contributed by atoms with Crippen LogP contribution in [0.2, 0.25) is 0 Å². The summed E-state index contributed by atoms with van der Waals surface area (Å²) in [4.78, 5) is 16.2. The molecule has 4 nitrogen and oxygen atoms in total. The Balaban J connectivity index is 1.52. The van der Waals surface area contributed by atoms with Crippen molar-refractivity contribution in [1.29, 1.82) is 0 Å². The van der Waals surface area contributed by atoms with Crippen molar-refractivity contribution in [3.8, 4) is 0 Å². The topological polar surface area (TPSA) is 36.8 Å². The zero-order valence-electron chi connectivity index (χ0n) is 15.2. The van der Waals surface area contributed by atoms with Crippen LogP contribution >= 0.6 is 0 Å². The zero-order valence-corrected chi connectivity index (χ0v) is 15.2. The number of amides is 1. The van der Waals surface area contributed by atoms with Crippen LogP contribution in [0.1, 0.15) is 18.1 Å². The molecule has 1 aliphatic rings. The summed E-state index contributed by atoms with van der Waals surface area (Å²) in [5.41, 5.74) is 4.78. The molecule has 0 unspecified atom stereocenters. The molecule has 4 heteroatoms. The van der Waals surface area contributed by atoms with Gasteiger partial charge in [-0.15, -0.1) is 0 Å². The molecule has 3 rings (SSSR count). The number of para-hydroxylation sites is 2. The van der Waals surface area contributed by atoms with Gasteiger partial charge < -0.3 is 15.1 Å². The van der Waals surface area contributed by atoms with Crippen molar-refractivity contribution in [2.45, 2.75) is 20.3 Å². The van der Waals surface area contributed by atoms with Crippen LogP contribution in [0.25, 0.3) is 0 Å². The summed E-state index contributed by atoms with van der Waals surface area (Å²) in [6, 6.07) is 16.6. The number of aryl methyl sites for hydroxylation is 2. The summed E-state index contributed by atoms with van der Waals surface area (Å²) >= 11 is 0. The van der Waals surface area contributed by atoms with Gasteiger partial charge in [-0.05, 0) is 36.6 Å². The van der Waals surface area contributed by atoms with Gasteiger partial charge >= 0.3 is 0 Å². The number of anilines is 2. The first-order valence-electron chi connectivity index (χ1n) is 9.19. The second-order valence-electron chi connectivity index (χ2n) is 6.76. The van der Waals surface area contributed by atoms with Crippen molar-refractivity contribution < 1.29 is 9.69 Å². The predicted molar refractivity (Wildman–Crippen MR) is 103 cm³/mol. The molecule has 0 spiro atoms. The molecule has 0 saturated carbocycles. The van der Waals surface area contributed by atoms with E-state index in [-0.39, 0.29) is 5.91 Å². The number of hydrogen-bond donors (Lipinski definition) is 2. The molecule has 1 amide bonds. The normalized spacial score (nSPS) is 15.2. The third-order valence-corrected chi connectivity index (χ3v) is 5.01. The molecule has 0 radical (unpaired) electrons. The minimum absolute atomic E-state index is 0.111. The monoisotopic (exact) mass is 338 g/mol. The first-order valence-corrected chi connectivity index (χ1v) is 9.19. The Hall–Kier alpha value is -2.33. The zero-order chi connectivity index (χ0) is 17.6. The Labute approximate surface area is 150 Å². The second-order valence-corrected chi connectivity index (χ2v) is 6.76. The first kappa shape index (κ1) is 17.5. The van der Waals surface area contributed by atoms with Gasteiger partial charge in [-0.2, -0.15) is 0 Å². The lowest BCUT2D eigenvalue weighted by atomic mass is 10.1. The Kier molecular flexibility index (Phi) is 5.71. The van der Waals surface area contributed by atoms with Gasteiger partial charge in [-0.1, -0.05) is 43.3 Å². The van der Waals surface area contributed by atoms with Crippen molar-refractivity contribution in [3.05, 3.63) is 59.7 Å². The van der Waals surface area contributed by atoms with Gasteiger partial charge in [0.25, 0.3) is 5.91 Å². The summed E-state index contributed by atoms with van der Waals surface area (Å²) in [5, 5.41) is 3.09. The molecule has 1 saturated heterocycles. The fourth-order valence-corrected chi connectivity index (χ4v) is 3.53. The molecule has 2 aromatic rings. The molecule has 0 atom stereocenters. The van der Waals surface area contributed by atoms with E-state index in [1.165, 1.54) is 21.7 Å². The van der Waals surface area contributed by atoms with E-state index in [0.717, 1.165) is 38.3 Å². The summed E-state index contributed by atoms with van der Waals surface area (Å²) in [6.07, 6.45) is 0.929. The van der Waals surface area contributed by atoms with Crippen LogP contribution in [0, 0.1) is 6.92 Å². The molecule has 0 aliphatic carbocycles. The summed E-state index contributed by atoms with van der Waals surface area (Å²) < 4.78 is 0. The van der Waals surface area contributed by atoms with E-state index in [1.807, 2.05) is 18.2 Å². The predicted octanol–water partition coefficient (Wildman–Crippen LogP) is 1.90. The van der Waals surface area contributed by atoms with E-state index in [4.69, 9.17) is 0 Å². The number of hydrogen-bond acceptors (Lipinski definition) is 2. The Morgan fingerprint density at radius 2 is 1.76 bits per heavy atom. The maximum atomic E-state index is 12.4. The number of carbonyl (C=O) groups is 1. The molecule has 1 fully saturated rings. The quantitative estimate of drug-likeness (QED) is 0.874. The van der Waals surface area contributed by atoms with Crippen LogP contribution < -0.4 is 15.1 Å². The SMILES string of the molecule is CCc1ccccc1NC(=O)C[NH+]1CCN(c2ccccc2C)CC1. The third-order valence-electron chi connectivity index (χ3n) is 5.01. The first-order chi connectivity index (χ1) is 12.2. The van der Waals surface area contributed by atoms with Crippen LogP contribution in [0.15, 0.2) is 48.5 Å². The van der Waals surface area contributed by atoms with Gasteiger partial charge in [0.2, 0.25) is 0 Å². The molecule has 2 N–H and O–H groups in total. The Bertz CT molecular complexity index is 721. The highest BCUT2D eigenvalue weighted by atomic mass is 16.2. The number of quaternary nitrogens is 1. The largest absolute Gasteiger partial charge is 0.360 e. The lowest BCUT2D eigenvalue weighted by molar-refractivity contribution is -0.892. The average molecular weight is 338 g/mol. The van der Waals surface area contributed by atoms with E-state index in [0.29, 0.717) is 6.54 Å². The number of benzene rings is 2. The summed E-state index contributed by atoms with van der Waals surface area (Å²) in [5.74, 6) is 0.111. The Morgan fingerprint density at radius 3 is 2.48 bits per heavy atom. The fourth-order valence-electron chi connectivity index (χ4n) is 3.53. The van der Waals surface area contributed by atoms with Crippen molar-refractivity contribution in [2.75, 3.05) is 42.9 Å². The van der Waals surface area contributed by atoms with Crippen LogP contribution in [-0.4, -0.2) is 38.6 Å². The van der Waals surface area contributed by atoms with E-state index < -0.39 is 0 Å². The lowest BCUT2D eigenvalue weighted by Gasteiger charge is -2.34. The molecular weight excluding hydrogens is 310 g/mol. The highest BCUT2D eigenvalue weighted by Crippen LogP contribution is 2.19. The highest BCUT2D eigenvalue weighted by molar-refractivity contribution is 5.92. The van der Waals surface area contributed by atoms with Crippen molar-refractivity contribution in [2.24, 2.45) is 0 Å². The molecule has 0 aromatic heterocycles. The van der Waals surface area contributed by atoms with Gasteiger partial charge in [0.15, 0.2) is 6.54 Å². The van der Waals surface area contributed by atoms with Crippen molar-refractivity contribution >= 4 is 17.3 Å². The number of rotatable bonds is 5. The standard InChI is InChI=1S/C21H27N3O/c1-3-18-9-5-6-10-19(18)22-21(25)16-23-12-14-24(15-13-23)20-11-7-4-8-17(20)2/h4-11H,3,12-16H2,1-2H3,(H,22,25)/p+1. The third kappa shape index (κ3) is 4.40. The fraction of sp³-hybridized carbons (Fsp3) is 0.381. The molecule has 1 heterocycles. The van der Waals surface area contributed by atoms with Gasteiger partial charge in [-0.25, -0.2) is 0 Å². The molecular formula is C21H28N3O+. The van der Waals surface area contributed by atoms with E-state index in [1.54, 1.807) is 0 Å². The smallest absolute Gasteiger partial charge is 0.279 e. The second kappa shape index (κ2) is 8.17. The molecule has 2 aromatic carbocycles. The van der Waals surface area contributed by atoms with Crippen molar-refractivity contribution in [3.63, 3.8) is 0 Å². The van der Waals surface area contributed by atoms with Gasteiger partial charge in [0.05, 0.1) is 26.2 Å². The number of nitrogens with one attached hydrogen (secondary N) is 2. The number of piperazine rings is 1. The van der Waals surface area contributed by atoms with E-state index in [2.05, 4.69) is 54.4 Å². The van der Waals surface area contributed by atoms with Crippen LogP contribution in [0.5, 0.6) is 0 Å². The van der Waals surface area contributed by atoms with Crippen LogP contribution in [0.3, 0.4) is 0 Å². The molecule has 0 bridgehead atoms. The number of nitrogens with zero attached hydrogens (tertiary/aromatic N) is 1. The number of carbonyl (C=O) groups excluding carboxylic acids is 1. The molecule has 1 aliphatic heterocycles. The van der Waals surface area contributed by atoms with Crippen LogP contribution in [0.4, 0.5) is 11.4 Å². The molecule has 25 heavy (non-hydrogen) atoms. The summed E-state index contributed by atoms with van der Waals surface area (Å²) in [6.45, 7) is 8.81. The lowest BCUT2D eigenvalue weighted by Crippen LogP contribution is -3.15. The summed E-state index contributed by atoms with van der Waals surface area (Å²) in [7, 11) is 0. The van der Waals surface area contributed by atoms with Crippen molar-refractivity contribution in [1.82, 2.24) is 0 Å². The van der Waals surface area contributed by atoms with E-state index >= 15 is 0 Å². The highest BCUT2D eigenvalue weighted by Gasteiger charge is 2.23. The maximum Gasteiger partial charge on any atom is 0.279 e. The van der Waals surface area contributed by atoms with Gasteiger partial charge in [0.1, 0.15) is 0 Å². The van der Waals surface area contributed by atoms with E-state index in [9.17, 15) is 4.79 Å². The Morgan fingerprint density at radius 1 is 1.08 bits per heavy atom. The minimum Gasteiger partial charge on any atom is -0.360 e. The van der Waals surface area contributed by atoms with Gasteiger partial charge in [-0.3, -0.25) is 4.79 Å². The van der Waals surface area contributed by atoms with Crippen LogP contribution in [-0.2, 0) is 11.2 Å². The average Bonchev–Trinajstić information content (AvgIpc) is 2.63. The molecule has 132 valence electrons. The minimum atomic E-state index is 0.111. The van der Waals surface area contributed by atoms with Gasteiger partial charge in [0, 0.05) is 11.4 Å².